The Labute approximate surface area is 127 Å². The van der Waals surface area contributed by atoms with Crippen LogP contribution in [0.25, 0.3) is 0 Å². The molecule has 21 heavy (non-hydrogen) atoms. The molecule has 0 amide bonds. The van der Waals surface area contributed by atoms with E-state index in [1.54, 1.807) is 24.3 Å². The van der Waals surface area contributed by atoms with Crippen LogP contribution < -0.4 is 14.8 Å². The fourth-order valence-electron chi connectivity index (χ4n) is 1.79. The van der Waals surface area contributed by atoms with Crippen molar-refractivity contribution in [1.29, 1.82) is 0 Å². The number of sulfonamides is 1. The van der Waals surface area contributed by atoms with Gasteiger partial charge in [-0.15, -0.1) is 0 Å². The molecule has 6 heteroatoms. The molecule has 1 aromatic rings. The van der Waals surface area contributed by atoms with Crippen LogP contribution in [0.2, 0.25) is 0 Å². The fraction of sp³-hybridized carbons (Fsp3) is 0.600. The maximum atomic E-state index is 12.0. The molecule has 0 saturated heterocycles. The third-order valence-corrected chi connectivity index (χ3v) is 4.64. The average Bonchev–Trinajstić information content (AvgIpc) is 3.26. The second-order valence-electron chi connectivity index (χ2n) is 5.79. The minimum absolute atomic E-state index is 0.270. The Morgan fingerprint density at radius 1 is 1.24 bits per heavy atom. The maximum absolute atomic E-state index is 12.0. The second-order valence-corrected chi connectivity index (χ2v) is 7.56. The summed E-state index contributed by atoms with van der Waals surface area (Å²) in [6, 6.07) is 7.22. The van der Waals surface area contributed by atoms with Gasteiger partial charge in [0.25, 0.3) is 0 Å². The summed E-state index contributed by atoms with van der Waals surface area (Å²) in [7, 11) is -3.42. The topological polar surface area (TPSA) is 67.4 Å². The Bertz CT molecular complexity index is 537. The first-order valence-electron chi connectivity index (χ1n) is 7.43. The molecular weight excluding hydrogens is 288 g/mol. The van der Waals surface area contributed by atoms with Gasteiger partial charge in [-0.05, 0) is 43.0 Å². The minimum atomic E-state index is -3.42. The van der Waals surface area contributed by atoms with Gasteiger partial charge in [0.15, 0.2) is 0 Å². The van der Waals surface area contributed by atoms with Crippen LogP contribution in [0.5, 0.6) is 5.75 Å². The van der Waals surface area contributed by atoms with Crippen molar-refractivity contribution in [3.63, 3.8) is 0 Å². The van der Waals surface area contributed by atoms with Crippen LogP contribution in [0.3, 0.4) is 0 Å². The molecule has 1 aliphatic rings. The molecule has 5 nitrogen and oxygen atoms in total. The lowest BCUT2D eigenvalue weighted by atomic mass is 10.2. The standard InChI is InChI=1S/C15H24N2O3S/c1-12(2)11-17-21(18,19)15-7-5-14(6-8-15)20-10-9-16-13-3-4-13/h5-8,12-13,16-17H,3-4,9-11H2,1-2H3. The second kappa shape index (κ2) is 7.24. The van der Waals surface area contributed by atoms with Crippen LogP contribution in [0.15, 0.2) is 29.2 Å². The van der Waals surface area contributed by atoms with Gasteiger partial charge >= 0.3 is 0 Å². The van der Waals surface area contributed by atoms with Gasteiger partial charge in [-0.1, -0.05) is 13.8 Å². The van der Waals surface area contributed by atoms with Crippen LogP contribution in [-0.4, -0.2) is 34.2 Å². The van der Waals surface area contributed by atoms with E-state index in [-0.39, 0.29) is 10.8 Å². The van der Waals surface area contributed by atoms with E-state index >= 15 is 0 Å². The van der Waals surface area contributed by atoms with Crippen molar-refractivity contribution >= 4 is 10.0 Å². The smallest absolute Gasteiger partial charge is 0.240 e. The van der Waals surface area contributed by atoms with Gasteiger partial charge in [-0.2, -0.15) is 0 Å². The van der Waals surface area contributed by atoms with Gasteiger partial charge in [-0.25, -0.2) is 13.1 Å². The summed E-state index contributed by atoms with van der Waals surface area (Å²) in [5, 5.41) is 3.36. The minimum Gasteiger partial charge on any atom is -0.492 e. The summed E-state index contributed by atoms with van der Waals surface area (Å²) in [6.45, 7) is 5.78. The highest BCUT2D eigenvalue weighted by Gasteiger charge is 2.19. The number of rotatable bonds is 9. The van der Waals surface area contributed by atoms with E-state index < -0.39 is 10.0 Å². The van der Waals surface area contributed by atoms with Gasteiger partial charge in [-0.3, -0.25) is 0 Å². The SMILES string of the molecule is CC(C)CNS(=O)(=O)c1ccc(OCCNC2CC2)cc1. The molecule has 0 heterocycles. The Kier molecular flexibility index (Phi) is 5.61. The lowest BCUT2D eigenvalue weighted by Gasteiger charge is -2.10. The zero-order valence-electron chi connectivity index (χ0n) is 12.6. The van der Waals surface area contributed by atoms with Crippen molar-refractivity contribution in [3.05, 3.63) is 24.3 Å². The van der Waals surface area contributed by atoms with E-state index in [0.717, 1.165) is 6.54 Å². The van der Waals surface area contributed by atoms with E-state index in [0.29, 0.717) is 24.9 Å². The van der Waals surface area contributed by atoms with E-state index in [1.807, 2.05) is 13.8 Å². The predicted octanol–water partition coefficient (Wildman–Crippen LogP) is 1.75. The van der Waals surface area contributed by atoms with Crippen LogP contribution >= 0.6 is 0 Å². The third-order valence-electron chi connectivity index (χ3n) is 3.20. The van der Waals surface area contributed by atoms with Crippen LogP contribution in [0.1, 0.15) is 26.7 Å². The Morgan fingerprint density at radius 3 is 2.48 bits per heavy atom. The van der Waals surface area contributed by atoms with E-state index in [2.05, 4.69) is 10.0 Å². The molecule has 118 valence electrons. The van der Waals surface area contributed by atoms with E-state index in [9.17, 15) is 8.42 Å². The molecule has 1 aromatic carbocycles. The fourth-order valence-corrected chi connectivity index (χ4v) is 3.01. The van der Waals surface area contributed by atoms with Crippen LogP contribution in [0, 0.1) is 5.92 Å². The molecule has 0 radical (unpaired) electrons. The molecular formula is C15H24N2O3S. The number of nitrogens with one attached hydrogen (secondary N) is 2. The zero-order chi connectivity index (χ0) is 15.3. The van der Waals surface area contributed by atoms with Gasteiger partial charge in [0.2, 0.25) is 10.0 Å². The molecule has 2 rings (SSSR count). The van der Waals surface area contributed by atoms with Gasteiger partial charge < -0.3 is 10.1 Å². The molecule has 0 atom stereocenters. The number of ether oxygens (including phenoxy) is 1. The van der Waals surface area contributed by atoms with Crippen molar-refractivity contribution in [2.45, 2.75) is 37.6 Å². The molecule has 2 N–H and O–H groups in total. The highest BCUT2D eigenvalue weighted by atomic mass is 32.2. The summed E-state index contributed by atoms with van der Waals surface area (Å²) in [5.41, 5.74) is 0. The molecule has 0 bridgehead atoms. The van der Waals surface area contributed by atoms with Crippen LogP contribution in [-0.2, 0) is 10.0 Å². The molecule has 0 aliphatic heterocycles. The number of hydrogen-bond donors (Lipinski definition) is 2. The Morgan fingerprint density at radius 2 is 1.90 bits per heavy atom. The highest BCUT2D eigenvalue weighted by Crippen LogP contribution is 2.18. The lowest BCUT2D eigenvalue weighted by molar-refractivity contribution is 0.313. The van der Waals surface area contributed by atoms with Crippen molar-refractivity contribution in [2.75, 3.05) is 19.7 Å². The lowest BCUT2D eigenvalue weighted by Crippen LogP contribution is -2.27. The Hall–Kier alpha value is -1.11. The monoisotopic (exact) mass is 312 g/mol. The summed E-state index contributed by atoms with van der Waals surface area (Å²) in [6.07, 6.45) is 2.52. The predicted molar refractivity (Wildman–Crippen MR) is 83.0 cm³/mol. The molecule has 1 aliphatic carbocycles. The summed E-state index contributed by atoms with van der Waals surface area (Å²) in [5.74, 6) is 0.969. The summed E-state index contributed by atoms with van der Waals surface area (Å²) < 4.78 is 32.2. The largest absolute Gasteiger partial charge is 0.492 e. The summed E-state index contributed by atoms with van der Waals surface area (Å²) in [4.78, 5) is 0.270. The van der Waals surface area contributed by atoms with Crippen molar-refractivity contribution in [1.82, 2.24) is 10.0 Å². The van der Waals surface area contributed by atoms with Gasteiger partial charge in [0, 0.05) is 19.1 Å². The number of hydrogen-bond acceptors (Lipinski definition) is 4. The molecule has 0 spiro atoms. The maximum Gasteiger partial charge on any atom is 0.240 e. The summed E-state index contributed by atoms with van der Waals surface area (Å²) >= 11 is 0. The van der Waals surface area contributed by atoms with Crippen molar-refractivity contribution < 1.29 is 13.2 Å². The molecule has 0 aromatic heterocycles. The third kappa shape index (κ3) is 5.65. The quantitative estimate of drug-likeness (QED) is 0.682. The Balaban J connectivity index is 1.82. The first kappa shape index (κ1) is 16.3. The average molecular weight is 312 g/mol. The van der Waals surface area contributed by atoms with Gasteiger partial charge in [0.05, 0.1) is 4.90 Å². The molecule has 1 fully saturated rings. The van der Waals surface area contributed by atoms with E-state index in [1.165, 1.54) is 12.8 Å². The van der Waals surface area contributed by atoms with Gasteiger partial charge in [0.1, 0.15) is 12.4 Å². The van der Waals surface area contributed by atoms with Crippen molar-refractivity contribution in [3.8, 4) is 5.75 Å². The zero-order valence-corrected chi connectivity index (χ0v) is 13.4. The first-order chi connectivity index (χ1) is 9.97. The molecule has 1 saturated carbocycles. The highest BCUT2D eigenvalue weighted by molar-refractivity contribution is 7.89. The van der Waals surface area contributed by atoms with E-state index in [4.69, 9.17) is 4.74 Å². The molecule has 0 unspecified atom stereocenters. The normalized spacial score (nSPS) is 15.4. The van der Waals surface area contributed by atoms with Crippen LogP contribution in [0.4, 0.5) is 0 Å². The first-order valence-corrected chi connectivity index (χ1v) is 8.91. The van der Waals surface area contributed by atoms with Crippen molar-refractivity contribution in [2.24, 2.45) is 5.92 Å². The number of benzene rings is 1.